The third-order valence-electron chi connectivity index (χ3n) is 3.59. The van der Waals surface area contributed by atoms with Crippen LogP contribution in [0.5, 0.6) is 0 Å². The van der Waals surface area contributed by atoms with Crippen molar-refractivity contribution in [3.63, 3.8) is 0 Å². The lowest BCUT2D eigenvalue weighted by Crippen LogP contribution is -2.29. The fourth-order valence-corrected chi connectivity index (χ4v) is 2.78. The predicted octanol–water partition coefficient (Wildman–Crippen LogP) is 3.56. The molecule has 1 aromatic carbocycles. The number of ether oxygens (including phenoxy) is 1. The third-order valence-corrected chi connectivity index (χ3v) is 4.33. The van der Waals surface area contributed by atoms with Crippen LogP contribution in [0.3, 0.4) is 0 Å². The van der Waals surface area contributed by atoms with Crippen LogP contribution in [0.2, 0.25) is 0 Å². The van der Waals surface area contributed by atoms with Crippen molar-refractivity contribution < 1.29 is 4.74 Å². The van der Waals surface area contributed by atoms with Crippen molar-refractivity contribution in [3.8, 4) is 0 Å². The molecular formula is C16H25BrN2O. The van der Waals surface area contributed by atoms with E-state index in [1.807, 2.05) is 0 Å². The molecule has 112 valence electrons. The summed E-state index contributed by atoms with van der Waals surface area (Å²) in [6.45, 7) is 6.99. The molecule has 1 saturated carbocycles. The minimum Gasteiger partial charge on any atom is -0.383 e. The second kappa shape index (κ2) is 7.43. The van der Waals surface area contributed by atoms with Gasteiger partial charge in [0.25, 0.3) is 0 Å². The zero-order chi connectivity index (χ0) is 14.5. The summed E-state index contributed by atoms with van der Waals surface area (Å²) in [6, 6.07) is 7.90. The summed E-state index contributed by atoms with van der Waals surface area (Å²) in [4.78, 5) is 2.47. The first kappa shape index (κ1) is 15.8. The highest BCUT2D eigenvalue weighted by molar-refractivity contribution is 9.10. The Morgan fingerprint density at radius 1 is 1.40 bits per heavy atom. The average Bonchev–Trinajstić information content (AvgIpc) is 3.22. The van der Waals surface area contributed by atoms with Crippen LogP contribution in [0.15, 0.2) is 22.7 Å². The Bertz CT molecular complexity index is 432. The van der Waals surface area contributed by atoms with Gasteiger partial charge in [-0.05, 0) is 30.5 Å². The molecule has 1 aromatic rings. The van der Waals surface area contributed by atoms with Crippen LogP contribution >= 0.6 is 15.9 Å². The number of hydrogen-bond donors (Lipinski definition) is 1. The van der Waals surface area contributed by atoms with Gasteiger partial charge in [0.15, 0.2) is 0 Å². The van der Waals surface area contributed by atoms with E-state index in [2.05, 4.69) is 58.2 Å². The van der Waals surface area contributed by atoms with Crippen molar-refractivity contribution in [1.29, 1.82) is 0 Å². The number of rotatable bonds is 8. The number of nitrogens with zero attached hydrogens (tertiary/aromatic N) is 1. The maximum Gasteiger partial charge on any atom is 0.0637 e. The Kier molecular flexibility index (Phi) is 5.87. The lowest BCUT2D eigenvalue weighted by Gasteiger charge is -2.25. The highest BCUT2D eigenvalue weighted by atomic mass is 79.9. The van der Waals surface area contributed by atoms with Gasteiger partial charge in [-0.1, -0.05) is 35.8 Å². The zero-order valence-electron chi connectivity index (χ0n) is 12.7. The molecule has 1 N–H and O–H groups in total. The molecule has 0 bridgehead atoms. The van der Waals surface area contributed by atoms with Crippen molar-refractivity contribution in [3.05, 3.63) is 28.2 Å². The van der Waals surface area contributed by atoms with Crippen LogP contribution in [0.1, 0.15) is 32.3 Å². The van der Waals surface area contributed by atoms with Crippen molar-refractivity contribution in [1.82, 2.24) is 5.32 Å². The van der Waals surface area contributed by atoms with Crippen molar-refractivity contribution in [2.45, 2.75) is 45.3 Å². The largest absolute Gasteiger partial charge is 0.383 e. The summed E-state index contributed by atoms with van der Waals surface area (Å²) >= 11 is 3.71. The highest BCUT2D eigenvalue weighted by Gasteiger charge is 2.29. The highest BCUT2D eigenvalue weighted by Crippen LogP contribution is 2.33. The molecule has 20 heavy (non-hydrogen) atoms. The number of halogens is 1. The standard InChI is InChI=1S/C16H25BrN2O/c1-12(2)18-11-13-4-5-15(10-16(13)17)19(8-9-20-3)14-6-7-14/h4-5,10,12,14,18H,6-9,11H2,1-3H3. The van der Waals surface area contributed by atoms with Gasteiger partial charge in [0.2, 0.25) is 0 Å². The maximum absolute atomic E-state index is 5.23. The molecule has 0 amide bonds. The second-order valence-electron chi connectivity index (χ2n) is 5.73. The molecule has 0 atom stereocenters. The van der Waals surface area contributed by atoms with E-state index in [1.165, 1.54) is 28.6 Å². The van der Waals surface area contributed by atoms with E-state index in [-0.39, 0.29) is 0 Å². The lowest BCUT2D eigenvalue weighted by molar-refractivity contribution is 0.205. The molecule has 1 fully saturated rings. The summed E-state index contributed by atoms with van der Waals surface area (Å²) in [5.41, 5.74) is 2.61. The van der Waals surface area contributed by atoms with Gasteiger partial charge < -0.3 is 15.0 Å². The quantitative estimate of drug-likeness (QED) is 0.782. The van der Waals surface area contributed by atoms with Crippen molar-refractivity contribution in [2.24, 2.45) is 0 Å². The molecule has 0 aliphatic heterocycles. The predicted molar refractivity (Wildman–Crippen MR) is 88.4 cm³/mol. The molecule has 0 saturated heterocycles. The zero-order valence-corrected chi connectivity index (χ0v) is 14.2. The first-order chi connectivity index (χ1) is 9.61. The Morgan fingerprint density at radius 3 is 2.70 bits per heavy atom. The Hall–Kier alpha value is -0.580. The number of anilines is 1. The van der Waals surface area contributed by atoms with Crippen molar-refractivity contribution in [2.75, 3.05) is 25.2 Å². The molecule has 2 rings (SSSR count). The van der Waals surface area contributed by atoms with E-state index in [9.17, 15) is 0 Å². The summed E-state index contributed by atoms with van der Waals surface area (Å²) in [5, 5.41) is 3.46. The van der Waals surface area contributed by atoms with Gasteiger partial charge in [-0.3, -0.25) is 0 Å². The number of benzene rings is 1. The smallest absolute Gasteiger partial charge is 0.0637 e. The second-order valence-corrected chi connectivity index (χ2v) is 6.58. The molecule has 0 aromatic heterocycles. The SMILES string of the molecule is COCCN(c1ccc(CNC(C)C)c(Br)c1)C1CC1. The van der Waals surface area contributed by atoms with Gasteiger partial charge >= 0.3 is 0 Å². The van der Waals surface area contributed by atoms with Crippen molar-refractivity contribution >= 4 is 21.6 Å². The fourth-order valence-electron chi connectivity index (χ4n) is 2.27. The van der Waals surface area contributed by atoms with E-state index in [0.717, 1.165) is 19.7 Å². The molecule has 1 aliphatic rings. The normalized spacial score (nSPS) is 14.8. The van der Waals surface area contributed by atoms with Crippen LogP contribution in [0, 0.1) is 0 Å². The first-order valence-electron chi connectivity index (χ1n) is 7.39. The van der Waals surface area contributed by atoms with E-state index < -0.39 is 0 Å². The van der Waals surface area contributed by atoms with Gasteiger partial charge in [0.05, 0.1) is 6.61 Å². The van der Waals surface area contributed by atoms with Crippen LogP contribution in [-0.2, 0) is 11.3 Å². The number of nitrogens with one attached hydrogen (secondary N) is 1. The van der Waals surface area contributed by atoms with Crippen LogP contribution in [0.25, 0.3) is 0 Å². The maximum atomic E-state index is 5.23. The molecule has 4 heteroatoms. The molecule has 1 aliphatic carbocycles. The third kappa shape index (κ3) is 4.47. The molecule has 0 spiro atoms. The summed E-state index contributed by atoms with van der Waals surface area (Å²) in [7, 11) is 1.77. The number of methoxy groups -OCH3 is 1. The number of hydrogen-bond acceptors (Lipinski definition) is 3. The molecule has 0 radical (unpaired) electrons. The molecule has 0 unspecified atom stereocenters. The van der Waals surface area contributed by atoms with Gasteiger partial charge in [-0.15, -0.1) is 0 Å². The lowest BCUT2D eigenvalue weighted by atomic mass is 10.2. The minimum atomic E-state index is 0.506. The van der Waals surface area contributed by atoms with Gasteiger partial charge in [0.1, 0.15) is 0 Å². The summed E-state index contributed by atoms with van der Waals surface area (Å²) in [5.74, 6) is 0. The van der Waals surface area contributed by atoms with E-state index in [4.69, 9.17) is 4.74 Å². The van der Waals surface area contributed by atoms with E-state index in [1.54, 1.807) is 7.11 Å². The molecule has 3 nitrogen and oxygen atoms in total. The van der Waals surface area contributed by atoms with Crippen LogP contribution < -0.4 is 10.2 Å². The van der Waals surface area contributed by atoms with Gasteiger partial charge in [0, 0.05) is 42.4 Å². The monoisotopic (exact) mass is 340 g/mol. The van der Waals surface area contributed by atoms with Crippen LogP contribution in [-0.4, -0.2) is 32.3 Å². The Morgan fingerprint density at radius 2 is 2.15 bits per heavy atom. The van der Waals surface area contributed by atoms with Crippen LogP contribution in [0.4, 0.5) is 5.69 Å². The molecule has 0 heterocycles. The Balaban J connectivity index is 2.05. The van der Waals surface area contributed by atoms with E-state index in [0.29, 0.717) is 12.1 Å². The fraction of sp³-hybridized carbons (Fsp3) is 0.625. The molecular weight excluding hydrogens is 316 g/mol. The average molecular weight is 341 g/mol. The Labute approximate surface area is 130 Å². The van der Waals surface area contributed by atoms with Gasteiger partial charge in [-0.25, -0.2) is 0 Å². The minimum absolute atomic E-state index is 0.506. The van der Waals surface area contributed by atoms with Gasteiger partial charge in [-0.2, -0.15) is 0 Å². The first-order valence-corrected chi connectivity index (χ1v) is 8.18. The summed E-state index contributed by atoms with van der Waals surface area (Å²) in [6.07, 6.45) is 2.61. The summed E-state index contributed by atoms with van der Waals surface area (Å²) < 4.78 is 6.41. The topological polar surface area (TPSA) is 24.5 Å². The van der Waals surface area contributed by atoms with E-state index >= 15 is 0 Å².